The second-order valence-corrected chi connectivity index (χ2v) is 7.04. The summed E-state index contributed by atoms with van der Waals surface area (Å²) in [6.45, 7) is 0.0206. The van der Waals surface area contributed by atoms with Crippen LogP contribution in [0.1, 0.15) is 19.3 Å². The maximum absolute atomic E-state index is 12.0. The molecule has 1 aliphatic carbocycles. The van der Waals surface area contributed by atoms with Crippen LogP contribution in [0.2, 0.25) is 0 Å². The average molecular weight is 274 g/mol. The van der Waals surface area contributed by atoms with E-state index in [1.54, 1.807) is 0 Å². The highest BCUT2D eigenvalue weighted by molar-refractivity contribution is 7.90. The van der Waals surface area contributed by atoms with Gasteiger partial charge < -0.3 is 0 Å². The molecule has 1 saturated heterocycles. The van der Waals surface area contributed by atoms with Gasteiger partial charge in [-0.15, -0.1) is 0 Å². The second-order valence-electron chi connectivity index (χ2n) is 4.78. The molecule has 7 nitrogen and oxygen atoms in total. The normalized spacial score (nSPS) is 22.3. The van der Waals surface area contributed by atoms with Gasteiger partial charge in [0.2, 0.25) is 11.8 Å². The molecule has 0 radical (unpaired) electrons. The van der Waals surface area contributed by atoms with E-state index in [0.29, 0.717) is 12.8 Å². The Bertz CT molecular complexity index is 520. The number of urea groups is 1. The van der Waals surface area contributed by atoms with Crippen molar-refractivity contribution in [2.45, 2.75) is 19.3 Å². The predicted octanol–water partition coefficient (Wildman–Crippen LogP) is -0.720. The van der Waals surface area contributed by atoms with Gasteiger partial charge in [0.15, 0.2) is 0 Å². The fourth-order valence-corrected chi connectivity index (χ4v) is 2.64. The Hall–Kier alpha value is -1.44. The lowest BCUT2D eigenvalue weighted by atomic mass is 10.0. The molecule has 1 aliphatic heterocycles. The maximum atomic E-state index is 12.0. The average Bonchev–Trinajstić information content (AvgIpc) is 3.00. The van der Waals surface area contributed by atoms with Crippen LogP contribution < -0.4 is 5.32 Å². The second kappa shape index (κ2) is 4.04. The van der Waals surface area contributed by atoms with Gasteiger partial charge in [-0.25, -0.2) is 13.2 Å². The molecular formula is C10H14N2O5S. The molecule has 0 aromatic rings. The van der Waals surface area contributed by atoms with Crippen molar-refractivity contribution in [3.8, 4) is 0 Å². The first-order valence-electron chi connectivity index (χ1n) is 5.61. The molecule has 100 valence electrons. The first-order chi connectivity index (χ1) is 8.26. The zero-order chi connectivity index (χ0) is 13.6. The Morgan fingerprint density at radius 1 is 1.28 bits per heavy atom. The lowest BCUT2D eigenvalue weighted by Gasteiger charge is -2.30. The fourth-order valence-electron chi connectivity index (χ4n) is 1.99. The van der Waals surface area contributed by atoms with Crippen molar-refractivity contribution in [3.05, 3.63) is 0 Å². The Morgan fingerprint density at radius 3 is 2.39 bits per heavy atom. The van der Waals surface area contributed by atoms with E-state index in [2.05, 4.69) is 5.32 Å². The zero-order valence-electron chi connectivity index (χ0n) is 9.93. The van der Waals surface area contributed by atoms with Crippen LogP contribution in [0, 0.1) is 5.41 Å². The van der Waals surface area contributed by atoms with Gasteiger partial charge in [-0.3, -0.25) is 19.8 Å². The van der Waals surface area contributed by atoms with Gasteiger partial charge in [-0.05, 0) is 19.3 Å². The lowest BCUT2D eigenvalue weighted by molar-refractivity contribution is -0.144. The van der Waals surface area contributed by atoms with E-state index < -0.39 is 33.1 Å². The number of nitrogens with one attached hydrogen (secondary N) is 1. The maximum Gasteiger partial charge on any atom is 0.330 e. The van der Waals surface area contributed by atoms with Crippen LogP contribution >= 0.6 is 0 Å². The van der Waals surface area contributed by atoms with Gasteiger partial charge in [-0.1, -0.05) is 0 Å². The molecule has 0 unspecified atom stereocenters. The summed E-state index contributed by atoms with van der Waals surface area (Å²) in [5.41, 5.74) is -1.06. The van der Waals surface area contributed by atoms with Crippen molar-refractivity contribution in [3.63, 3.8) is 0 Å². The van der Waals surface area contributed by atoms with Crippen molar-refractivity contribution < 1.29 is 22.8 Å². The van der Waals surface area contributed by atoms with E-state index >= 15 is 0 Å². The van der Waals surface area contributed by atoms with E-state index in [1.807, 2.05) is 0 Å². The van der Waals surface area contributed by atoms with Gasteiger partial charge in [0.05, 0.1) is 5.75 Å². The third-order valence-electron chi connectivity index (χ3n) is 3.20. The van der Waals surface area contributed by atoms with Crippen molar-refractivity contribution in [2.75, 3.05) is 18.6 Å². The van der Waals surface area contributed by atoms with Crippen molar-refractivity contribution >= 4 is 27.7 Å². The third kappa shape index (κ3) is 2.24. The Morgan fingerprint density at radius 2 is 1.89 bits per heavy atom. The van der Waals surface area contributed by atoms with Crippen LogP contribution in [-0.4, -0.2) is 49.7 Å². The lowest BCUT2D eigenvalue weighted by Crippen LogP contribution is -2.59. The molecule has 18 heavy (non-hydrogen) atoms. The van der Waals surface area contributed by atoms with Gasteiger partial charge in [0, 0.05) is 12.8 Å². The Kier molecular flexibility index (Phi) is 2.92. The number of rotatable bonds is 4. The zero-order valence-corrected chi connectivity index (χ0v) is 10.7. The summed E-state index contributed by atoms with van der Waals surface area (Å²) in [6.07, 6.45) is 2.18. The minimum atomic E-state index is -3.12. The van der Waals surface area contributed by atoms with Crippen LogP contribution in [0.25, 0.3) is 0 Å². The highest BCUT2D eigenvalue weighted by atomic mass is 32.2. The number of carbonyl (C=O) groups is 3. The molecule has 1 spiro atoms. The Balaban J connectivity index is 2.02. The van der Waals surface area contributed by atoms with Crippen molar-refractivity contribution in [2.24, 2.45) is 5.41 Å². The van der Waals surface area contributed by atoms with E-state index in [1.165, 1.54) is 0 Å². The summed E-state index contributed by atoms with van der Waals surface area (Å²) in [6, 6.07) is -0.754. The minimum absolute atomic E-state index is 0.0206. The number of hydrogen-bond donors (Lipinski definition) is 1. The summed E-state index contributed by atoms with van der Waals surface area (Å²) in [5, 5.41) is 2.14. The largest absolute Gasteiger partial charge is 0.330 e. The smallest absolute Gasteiger partial charge is 0.277 e. The number of hydrogen-bond acceptors (Lipinski definition) is 5. The Labute approximate surface area is 104 Å². The molecule has 0 aromatic carbocycles. The summed E-state index contributed by atoms with van der Waals surface area (Å²) in [4.78, 5) is 35.9. The van der Waals surface area contributed by atoms with Crippen LogP contribution in [-0.2, 0) is 19.4 Å². The molecule has 4 amide bonds. The van der Waals surface area contributed by atoms with E-state index in [9.17, 15) is 22.8 Å². The van der Waals surface area contributed by atoms with Gasteiger partial charge in [-0.2, -0.15) is 0 Å². The van der Waals surface area contributed by atoms with E-state index in [-0.39, 0.29) is 18.7 Å². The summed E-state index contributed by atoms with van der Waals surface area (Å²) >= 11 is 0. The van der Waals surface area contributed by atoms with Crippen molar-refractivity contribution in [1.29, 1.82) is 0 Å². The molecule has 1 N–H and O–H groups in total. The molecule has 1 saturated carbocycles. The van der Waals surface area contributed by atoms with Gasteiger partial charge >= 0.3 is 6.03 Å². The van der Waals surface area contributed by atoms with E-state index in [0.717, 1.165) is 11.2 Å². The quantitative estimate of drug-likeness (QED) is 0.682. The highest BCUT2D eigenvalue weighted by Crippen LogP contribution is 2.48. The number of imide groups is 2. The van der Waals surface area contributed by atoms with Crippen LogP contribution in [0.4, 0.5) is 4.79 Å². The number of sulfone groups is 1. The first kappa shape index (κ1) is 13.0. The third-order valence-corrected chi connectivity index (χ3v) is 4.23. The highest BCUT2D eigenvalue weighted by Gasteiger charge is 2.61. The standard InChI is InChI=1S/C10H14N2O5S/c1-18(16,17)6-2-5-12-8(14)10(3-4-10)7(13)11-9(12)15/h2-6H2,1H3,(H,11,13,15). The fraction of sp³-hybridized carbons (Fsp3) is 0.700. The first-order valence-corrected chi connectivity index (χ1v) is 7.67. The molecule has 2 aliphatic rings. The number of carbonyl (C=O) groups excluding carboxylic acids is 3. The molecule has 0 atom stereocenters. The van der Waals surface area contributed by atoms with Gasteiger partial charge in [0.1, 0.15) is 15.3 Å². The molecular weight excluding hydrogens is 260 g/mol. The summed E-state index contributed by atoms with van der Waals surface area (Å²) < 4.78 is 21.9. The number of amides is 4. The molecule has 2 rings (SSSR count). The van der Waals surface area contributed by atoms with Crippen molar-refractivity contribution in [1.82, 2.24) is 10.2 Å². The monoisotopic (exact) mass is 274 g/mol. The summed E-state index contributed by atoms with van der Waals surface area (Å²) in [7, 11) is -3.12. The molecule has 1 heterocycles. The predicted molar refractivity (Wildman–Crippen MR) is 61.2 cm³/mol. The number of nitrogens with zero attached hydrogens (tertiary/aromatic N) is 1. The topological polar surface area (TPSA) is 101 Å². The SMILES string of the molecule is CS(=O)(=O)CCCN1C(=O)NC(=O)C2(CC2)C1=O. The molecule has 2 fully saturated rings. The summed E-state index contributed by atoms with van der Waals surface area (Å²) in [5.74, 6) is -1.12. The van der Waals surface area contributed by atoms with Gasteiger partial charge in [0.25, 0.3) is 0 Å². The van der Waals surface area contributed by atoms with Crippen LogP contribution in [0.15, 0.2) is 0 Å². The number of barbiturate groups is 1. The van der Waals surface area contributed by atoms with E-state index in [4.69, 9.17) is 0 Å². The van der Waals surface area contributed by atoms with Crippen LogP contribution in [0.5, 0.6) is 0 Å². The molecule has 8 heteroatoms. The van der Waals surface area contributed by atoms with Crippen LogP contribution in [0.3, 0.4) is 0 Å². The molecule has 0 aromatic heterocycles. The molecule has 0 bridgehead atoms. The minimum Gasteiger partial charge on any atom is -0.277 e.